The van der Waals surface area contributed by atoms with Crippen LogP contribution in [0, 0.1) is 0 Å². The molecule has 0 spiro atoms. The van der Waals surface area contributed by atoms with Gasteiger partial charge in [-0.05, 0) is 0 Å². The van der Waals surface area contributed by atoms with Crippen molar-refractivity contribution in [1.82, 2.24) is 0 Å². The smallest absolute Gasteiger partial charge is 0.139 e. The number of carbonyl (C=O) groups is 1. The van der Waals surface area contributed by atoms with E-state index >= 15 is 0 Å². The van der Waals surface area contributed by atoms with Gasteiger partial charge in [0.2, 0.25) is 0 Å². The molecule has 0 saturated heterocycles. The Labute approximate surface area is 85.8 Å². The summed E-state index contributed by atoms with van der Waals surface area (Å²) < 4.78 is 0. The third kappa shape index (κ3) is 4.68. The Morgan fingerprint density at radius 2 is 1.69 bits per heavy atom. The number of hydrogen-bond acceptors (Lipinski definition) is 6. The molecule has 0 aromatic carbocycles. The van der Waals surface area contributed by atoms with Crippen LogP contribution in [0.4, 0.5) is 0 Å². The topological polar surface area (TPSA) is 124 Å². The van der Waals surface area contributed by atoms with Gasteiger partial charge in [-0.25, -0.2) is 0 Å². The number of aliphatic hydroxyl groups is 4. The van der Waals surface area contributed by atoms with Gasteiger partial charge in [0.05, 0.1) is 12.6 Å². The molecule has 6 nitrogen and oxygen atoms in total. The van der Waals surface area contributed by atoms with Crippen LogP contribution in [0.5, 0.6) is 0 Å². The molecule has 13 heavy (non-hydrogen) atoms. The summed E-state index contributed by atoms with van der Waals surface area (Å²) in [5.41, 5.74) is 5.04. The molecule has 0 bridgehead atoms. The quantitative estimate of drug-likeness (QED) is 0.249. The molecule has 7 heteroatoms. The number of aldehydes is 1. The fourth-order valence-corrected chi connectivity index (χ4v) is 0.644. The van der Waals surface area contributed by atoms with Crippen molar-refractivity contribution in [2.45, 2.75) is 24.4 Å². The first kappa shape index (κ1) is 15.5. The zero-order valence-electron chi connectivity index (χ0n) is 6.75. The normalized spacial score (nSPS) is 19.5. The second kappa shape index (κ2) is 7.40. The number of carbonyl (C=O) groups excluding carboxylic acids is 1. The van der Waals surface area contributed by atoms with Crippen molar-refractivity contribution in [2.75, 3.05) is 6.61 Å². The van der Waals surface area contributed by atoms with E-state index in [1.807, 2.05) is 0 Å². The number of rotatable bonds is 5. The Bertz CT molecular complexity index is 147. The van der Waals surface area contributed by atoms with Crippen LogP contribution in [0.1, 0.15) is 0 Å². The second-order valence-electron chi connectivity index (χ2n) is 2.44. The largest absolute Gasteiger partial charge is 0.394 e. The molecule has 0 saturated carbocycles. The predicted molar refractivity (Wildman–Crippen MR) is 39.1 cm³/mol. The monoisotopic (exact) mass is 234 g/mol. The standard InChI is InChI=1S/C6H13NO5.Mn/c7-3(1-8)5(11)6(12)4(10)2-9;/h1,3-6,9-12H,2,7H2;/t3-,4+,5+,6+;/m0./s1. The first-order chi connectivity index (χ1) is 5.54. The molecule has 0 rings (SSSR count). The molecule has 4 atom stereocenters. The number of nitrogens with two attached hydrogens (primary N) is 1. The second-order valence-corrected chi connectivity index (χ2v) is 2.44. The van der Waals surface area contributed by atoms with Crippen molar-refractivity contribution in [3.63, 3.8) is 0 Å². The van der Waals surface area contributed by atoms with Crippen molar-refractivity contribution >= 4 is 6.29 Å². The molecular formula is C6H13MnNO5. The summed E-state index contributed by atoms with van der Waals surface area (Å²) in [7, 11) is 0. The Hall–Kier alpha value is -0.0105. The van der Waals surface area contributed by atoms with Crippen molar-refractivity contribution in [3.8, 4) is 0 Å². The summed E-state index contributed by atoms with van der Waals surface area (Å²) >= 11 is 0. The summed E-state index contributed by atoms with van der Waals surface area (Å²) in [6.07, 6.45) is -4.43. The SMILES string of the molecule is N[C@@H](C=O)[C@@H](O)[C@H](O)[C@H](O)CO.[Mn]. The maximum Gasteiger partial charge on any atom is 0.139 e. The average Bonchev–Trinajstić information content (AvgIpc) is 2.12. The first-order valence-corrected chi connectivity index (χ1v) is 3.40. The Balaban J connectivity index is 0. The van der Waals surface area contributed by atoms with E-state index in [2.05, 4.69) is 0 Å². The van der Waals surface area contributed by atoms with Crippen LogP contribution < -0.4 is 5.73 Å². The number of aliphatic hydroxyl groups excluding tert-OH is 4. The van der Waals surface area contributed by atoms with Crippen LogP contribution >= 0.6 is 0 Å². The average molecular weight is 234 g/mol. The van der Waals surface area contributed by atoms with Crippen LogP contribution in [0.2, 0.25) is 0 Å². The summed E-state index contributed by atoms with van der Waals surface area (Å²) in [6, 6.07) is -1.26. The Morgan fingerprint density at radius 1 is 1.23 bits per heavy atom. The van der Waals surface area contributed by atoms with Crippen molar-refractivity contribution in [1.29, 1.82) is 0 Å². The molecule has 1 radical (unpaired) electrons. The third-order valence-corrected chi connectivity index (χ3v) is 1.48. The van der Waals surface area contributed by atoms with Crippen molar-refractivity contribution in [2.24, 2.45) is 5.73 Å². The molecule has 0 aliphatic heterocycles. The van der Waals surface area contributed by atoms with E-state index in [-0.39, 0.29) is 23.4 Å². The zero-order valence-corrected chi connectivity index (χ0v) is 7.93. The molecule has 0 unspecified atom stereocenters. The molecule has 0 aliphatic carbocycles. The van der Waals surface area contributed by atoms with Crippen LogP contribution in [0.15, 0.2) is 0 Å². The van der Waals surface area contributed by atoms with E-state index in [0.29, 0.717) is 0 Å². The van der Waals surface area contributed by atoms with Crippen LogP contribution in [-0.4, -0.2) is 57.7 Å². The molecule has 79 valence electrons. The molecule has 6 N–H and O–H groups in total. The summed E-state index contributed by atoms with van der Waals surface area (Å²) in [4.78, 5) is 10.0. The van der Waals surface area contributed by atoms with Gasteiger partial charge >= 0.3 is 0 Å². The van der Waals surface area contributed by atoms with Crippen molar-refractivity contribution in [3.05, 3.63) is 0 Å². The predicted octanol–water partition coefficient (Wildman–Crippen LogP) is -3.41. The molecule has 0 amide bonds. The summed E-state index contributed by atoms with van der Waals surface area (Å²) in [5.74, 6) is 0. The van der Waals surface area contributed by atoms with Gasteiger partial charge in [-0.15, -0.1) is 0 Å². The van der Waals surface area contributed by atoms with Gasteiger partial charge in [0.1, 0.15) is 24.6 Å². The van der Waals surface area contributed by atoms with E-state index in [1.54, 1.807) is 0 Å². The van der Waals surface area contributed by atoms with Gasteiger partial charge in [-0.3, -0.25) is 0 Å². The summed E-state index contributed by atoms with van der Waals surface area (Å²) in [6.45, 7) is -0.705. The van der Waals surface area contributed by atoms with E-state index in [4.69, 9.17) is 26.2 Å². The Morgan fingerprint density at radius 3 is 2.00 bits per heavy atom. The summed E-state index contributed by atoms with van der Waals surface area (Å²) in [5, 5.41) is 35.2. The van der Waals surface area contributed by atoms with Crippen LogP contribution in [0.25, 0.3) is 0 Å². The van der Waals surface area contributed by atoms with Crippen LogP contribution in [-0.2, 0) is 21.9 Å². The van der Waals surface area contributed by atoms with E-state index in [9.17, 15) is 4.79 Å². The molecule has 0 heterocycles. The minimum Gasteiger partial charge on any atom is -0.394 e. The molecule has 0 aromatic heterocycles. The third-order valence-electron chi connectivity index (χ3n) is 1.48. The van der Waals surface area contributed by atoms with E-state index in [1.165, 1.54) is 0 Å². The molecular weight excluding hydrogens is 221 g/mol. The molecule has 0 fully saturated rings. The van der Waals surface area contributed by atoms with Crippen LogP contribution in [0.3, 0.4) is 0 Å². The maximum atomic E-state index is 10.0. The fraction of sp³-hybridized carbons (Fsp3) is 0.833. The zero-order chi connectivity index (χ0) is 9.72. The van der Waals surface area contributed by atoms with Gasteiger partial charge in [0, 0.05) is 17.1 Å². The van der Waals surface area contributed by atoms with E-state index in [0.717, 1.165) is 0 Å². The van der Waals surface area contributed by atoms with Gasteiger partial charge in [-0.2, -0.15) is 0 Å². The minimum absolute atomic E-state index is 0. The first-order valence-electron chi connectivity index (χ1n) is 3.40. The van der Waals surface area contributed by atoms with E-state index < -0.39 is 31.0 Å². The fourth-order valence-electron chi connectivity index (χ4n) is 0.644. The van der Waals surface area contributed by atoms with Gasteiger partial charge in [-0.1, -0.05) is 0 Å². The Kier molecular flexibility index (Phi) is 8.80. The van der Waals surface area contributed by atoms with Gasteiger partial charge in [0.15, 0.2) is 0 Å². The molecule has 0 aromatic rings. The maximum absolute atomic E-state index is 10.0. The molecule has 0 aliphatic rings. The minimum atomic E-state index is -1.62. The van der Waals surface area contributed by atoms with Gasteiger partial charge < -0.3 is 31.0 Å². The number of hydrogen-bond donors (Lipinski definition) is 5. The van der Waals surface area contributed by atoms with Crippen molar-refractivity contribution < 1.29 is 42.3 Å². The van der Waals surface area contributed by atoms with Gasteiger partial charge in [0.25, 0.3) is 0 Å².